The average molecular weight is 285 g/mol. The van der Waals surface area contributed by atoms with Crippen LogP contribution < -0.4 is 10.6 Å². The Morgan fingerprint density at radius 3 is 2.63 bits per heavy atom. The van der Waals surface area contributed by atoms with Gasteiger partial charge in [-0.3, -0.25) is 4.79 Å². The van der Waals surface area contributed by atoms with Crippen molar-refractivity contribution in [1.29, 1.82) is 0 Å². The second-order valence-corrected chi connectivity index (χ2v) is 5.82. The molecule has 0 saturated carbocycles. The highest BCUT2D eigenvalue weighted by molar-refractivity contribution is 7.15. The summed E-state index contributed by atoms with van der Waals surface area (Å²) < 4.78 is 4.52. The molecule has 1 atom stereocenters. The number of carbonyl (C=O) groups is 2. The van der Waals surface area contributed by atoms with E-state index in [9.17, 15) is 9.59 Å². The quantitative estimate of drug-likeness (QED) is 0.868. The van der Waals surface area contributed by atoms with Crippen LogP contribution in [0.2, 0.25) is 0 Å². The number of alkyl carbamates (subject to hydrolysis) is 1. The van der Waals surface area contributed by atoms with Gasteiger partial charge in [0.2, 0.25) is 5.91 Å². The van der Waals surface area contributed by atoms with Crippen molar-refractivity contribution in [3.8, 4) is 0 Å². The van der Waals surface area contributed by atoms with E-state index in [2.05, 4.69) is 20.4 Å². The van der Waals surface area contributed by atoms with Crippen molar-refractivity contribution in [3.63, 3.8) is 0 Å². The lowest BCUT2D eigenvalue weighted by molar-refractivity contribution is -0.118. The largest absolute Gasteiger partial charge is 0.453 e. The molecule has 0 bridgehead atoms. The Balaban J connectivity index is 2.67. The molecule has 6 nitrogen and oxygen atoms in total. The van der Waals surface area contributed by atoms with Crippen LogP contribution in [0.5, 0.6) is 0 Å². The van der Waals surface area contributed by atoms with Crippen molar-refractivity contribution in [2.45, 2.75) is 33.2 Å². The van der Waals surface area contributed by atoms with Gasteiger partial charge in [0.15, 0.2) is 5.13 Å². The molecule has 0 aliphatic carbocycles. The number of nitrogens with zero attached hydrogens (tertiary/aromatic N) is 1. The number of carbonyl (C=O) groups excluding carboxylic acids is 2. The number of hydrogen-bond donors (Lipinski definition) is 2. The highest BCUT2D eigenvalue weighted by Gasteiger charge is 2.23. The van der Waals surface area contributed by atoms with Gasteiger partial charge < -0.3 is 15.4 Å². The van der Waals surface area contributed by atoms with E-state index in [1.807, 2.05) is 20.8 Å². The van der Waals surface area contributed by atoms with Crippen molar-refractivity contribution in [3.05, 3.63) is 11.1 Å². The fourth-order valence-electron chi connectivity index (χ4n) is 1.51. The fourth-order valence-corrected chi connectivity index (χ4v) is 2.18. The molecule has 0 aromatic carbocycles. The standard InChI is InChI=1S/C12H19N3O3S/c1-7(2)5-9(14-12(17)18-4)10(16)15-11-13-6-8(3)19-11/h6-7,9H,5H2,1-4H3,(H,14,17)(H,13,15,16)/t9-/m0/s1. The maximum Gasteiger partial charge on any atom is 0.407 e. The molecule has 0 unspecified atom stereocenters. The molecule has 1 heterocycles. The lowest BCUT2D eigenvalue weighted by Crippen LogP contribution is -2.44. The molecule has 2 N–H and O–H groups in total. The van der Waals surface area contributed by atoms with E-state index in [4.69, 9.17) is 0 Å². The van der Waals surface area contributed by atoms with Crippen molar-refractivity contribution in [2.75, 3.05) is 12.4 Å². The monoisotopic (exact) mass is 285 g/mol. The summed E-state index contributed by atoms with van der Waals surface area (Å²) in [5.74, 6) is -0.0145. The van der Waals surface area contributed by atoms with Gasteiger partial charge in [-0.1, -0.05) is 13.8 Å². The molecule has 7 heteroatoms. The molecule has 0 aliphatic heterocycles. The Labute approximate surface area is 116 Å². The van der Waals surface area contributed by atoms with Crippen LogP contribution in [0.15, 0.2) is 6.20 Å². The molecule has 1 aromatic heterocycles. The summed E-state index contributed by atoms with van der Waals surface area (Å²) in [4.78, 5) is 28.4. The van der Waals surface area contributed by atoms with E-state index in [0.717, 1.165) is 4.88 Å². The predicted octanol–water partition coefficient (Wildman–Crippen LogP) is 2.16. The summed E-state index contributed by atoms with van der Waals surface area (Å²) in [7, 11) is 1.27. The predicted molar refractivity (Wildman–Crippen MR) is 74.3 cm³/mol. The highest BCUT2D eigenvalue weighted by atomic mass is 32.1. The normalized spacial score (nSPS) is 12.1. The topological polar surface area (TPSA) is 80.3 Å². The molecular weight excluding hydrogens is 266 g/mol. The van der Waals surface area contributed by atoms with Crippen LogP contribution in [0.3, 0.4) is 0 Å². The maximum absolute atomic E-state index is 12.1. The SMILES string of the molecule is COC(=O)N[C@@H](CC(C)C)C(=O)Nc1ncc(C)s1. The zero-order valence-corrected chi connectivity index (χ0v) is 12.3. The van der Waals surface area contributed by atoms with Gasteiger partial charge in [0.05, 0.1) is 7.11 Å². The van der Waals surface area contributed by atoms with Gasteiger partial charge in [0.1, 0.15) is 6.04 Å². The summed E-state index contributed by atoms with van der Waals surface area (Å²) in [5, 5.41) is 5.75. The lowest BCUT2D eigenvalue weighted by atomic mass is 10.0. The van der Waals surface area contributed by atoms with Crippen LogP contribution in [-0.2, 0) is 9.53 Å². The minimum atomic E-state index is -0.628. The molecule has 0 radical (unpaired) electrons. The van der Waals surface area contributed by atoms with Crippen molar-refractivity contribution in [2.24, 2.45) is 5.92 Å². The minimum absolute atomic E-state index is 0.269. The Morgan fingerprint density at radius 2 is 2.16 bits per heavy atom. The molecule has 0 aliphatic rings. The summed E-state index contributed by atoms with van der Waals surface area (Å²) in [5.41, 5.74) is 0. The molecule has 19 heavy (non-hydrogen) atoms. The van der Waals surface area contributed by atoms with Gasteiger partial charge in [0, 0.05) is 11.1 Å². The highest BCUT2D eigenvalue weighted by Crippen LogP contribution is 2.17. The second-order valence-electron chi connectivity index (χ2n) is 4.58. The Kier molecular flexibility index (Phi) is 5.75. The Hall–Kier alpha value is -1.63. The van der Waals surface area contributed by atoms with Gasteiger partial charge >= 0.3 is 6.09 Å². The van der Waals surface area contributed by atoms with Crippen molar-refractivity contribution in [1.82, 2.24) is 10.3 Å². The van der Waals surface area contributed by atoms with Gasteiger partial charge in [-0.2, -0.15) is 0 Å². The van der Waals surface area contributed by atoms with E-state index in [0.29, 0.717) is 11.6 Å². The van der Waals surface area contributed by atoms with Crippen molar-refractivity contribution < 1.29 is 14.3 Å². The molecule has 1 aromatic rings. The number of methoxy groups -OCH3 is 1. The molecule has 0 saturated heterocycles. The number of hydrogen-bond acceptors (Lipinski definition) is 5. The first kappa shape index (κ1) is 15.4. The fraction of sp³-hybridized carbons (Fsp3) is 0.583. The molecule has 2 amide bonds. The van der Waals surface area contributed by atoms with E-state index in [-0.39, 0.29) is 11.8 Å². The molecular formula is C12H19N3O3S. The first-order valence-electron chi connectivity index (χ1n) is 6.00. The number of aromatic nitrogens is 1. The summed E-state index contributed by atoms with van der Waals surface area (Å²) in [6.07, 6.45) is 1.60. The van der Waals surface area contributed by atoms with E-state index < -0.39 is 12.1 Å². The first-order chi connectivity index (χ1) is 8.92. The molecule has 1 rings (SSSR count). The number of anilines is 1. The van der Waals surface area contributed by atoms with Crippen LogP contribution in [0.4, 0.5) is 9.93 Å². The van der Waals surface area contributed by atoms with Crippen LogP contribution >= 0.6 is 11.3 Å². The minimum Gasteiger partial charge on any atom is -0.453 e. The number of amides is 2. The number of nitrogens with one attached hydrogen (secondary N) is 2. The van der Waals surface area contributed by atoms with Crippen molar-refractivity contribution >= 4 is 28.5 Å². The van der Waals surface area contributed by atoms with Gasteiger partial charge in [-0.05, 0) is 19.3 Å². The zero-order chi connectivity index (χ0) is 14.4. The van der Waals surface area contributed by atoms with Gasteiger partial charge in [0.25, 0.3) is 0 Å². The number of thiazole rings is 1. The first-order valence-corrected chi connectivity index (χ1v) is 6.81. The third-order valence-electron chi connectivity index (χ3n) is 2.35. The maximum atomic E-state index is 12.1. The van der Waals surface area contributed by atoms with E-state index in [1.165, 1.54) is 18.4 Å². The van der Waals surface area contributed by atoms with Gasteiger partial charge in [-0.15, -0.1) is 11.3 Å². The lowest BCUT2D eigenvalue weighted by Gasteiger charge is -2.18. The number of aryl methyl sites for hydroxylation is 1. The van der Waals surface area contributed by atoms with E-state index >= 15 is 0 Å². The summed E-state index contributed by atoms with van der Waals surface area (Å²) in [6, 6.07) is -0.628. The van der Waals surface area contributed by atoms with Crippen LogP contribution in [0, 0.1) is 12.8 Å². The summed E-state index contributed by atoms with van der Waals surface area (Å²) in [6.45, 7) is 5.87. The van der Waals surface area contributed by atoms with Crippen LogP contribution in [-0.4, -0.2) is 30.1 Å². The Morgan fingerprint density at radius 1 is 1.47 bits per heavy atom. The van der Waals surface area contributed by atoms with Gasteiger partial charge in [-0.25, -0.2) is 9.78 Å². The van der Waals surface area contributed by atoms with E-state index in [1.54, 1.807) is 6.20 Å². The third kappa shape index (κ3) is 5.25. The zero-order valence-electron chi connectivity index (χ0n) is 11.5. The molecule has 106 valence electrons. The molecule has 0 spiro atoms. The Bertz CT molecular complexity index is 445. The average Bonchev–Trinajstić information content (AvgIpc) is 2.73. The second kappa shape index (κ2) is 7.08. The summed E-state index contributed by atoms with van der Waals surface area (Å²) >= 11 is 1.39. The molecule has 0 fully saturated rings. The number of rotatable bonds is 5. The third-order valence-corrected chi connectivity index (χ3v) is 3.18. The number of ether oxygens (including phenoxy) is 1. The van der Waals surface area contributed by atoms with Crippen LogP contribution in [0.1, 0.15) is 25.1 Å². The smallest absolute Gasteiger partial charge is 0.407 e. The van der Waals surface area contributed by atoms with Crippen LogP contribution in [0.25, 0.3) is 0 Å².